The van der Waals surface area contributed by atoms with Crippen molar-refractivity contribution in [2.24, 2.45) is 0 Å². The van der Waals surface area contributed by atoms with E-state index in [-0.39, 0.29) is 23.9 Å². The number of rotatable bonds is 7. The maximum atomic E-state index is 13.1. The van der Waals surface area contributed by atoms with Crippen molar-refractivity contribution in [3.05, 3.63) is 51.1 Å². The molecule has 0 saturated heterocycles. The van der Waals surface area contributed by atoms with Crippen molar-refractivity contribution in [3.8, 4) is 0 Å². The molecule has 2 aliphatic rings. The van der Waals surface area contributed by atoms with E-state index < -0.39 is 0 Å². The first-order valence-electron chi connectivity index (χ1n) is 12.4. The van der Waals surface area contributed by atoms with Crippen LogP contribution in [0.2, 0.25) is 0 Å². The van der Waals surface area contributed by atoms with Crippen LogP contribution in [0.1, 0.15) is 62.1 Å². The number of aromatic nitrogens is 2. The summed E-state index contributed by atoms with van der Waals surface area (Å²) in [6.45, 7) is 5.38. The van der Waals surface area contributed by atoms with Crippen LogP contribution in [0.3, 0.4) is 0 Å². The van der Waals surface area contributed by atoms with E-state index in [4.69, 9.17) is 4.74 Å². The number of ether oxygens (including phenoxy) is 1. The highest BCUT2D eigenvalue weighted by Gasteiger charge is 2.30. The number of benzene rings is 1. The number of hydrogen-bond acceptors (Lipinski definition) is 6. The van der Waals surface area contributed by atoms with Crippen molar-refractivity contribution in [1.29, 1.82) is 0 Å². The average Bonchev–Trinajstić information content (AvgIpc) is 3.47. The second-order valence-electron chi connectivity index (χ2n) is 9.63. The number of carbonyl (C=O) groups excluding carboxylic acids is 2. The highest BCUT2D eigenvalue weighted by atomic mass is 32.1. The molecule has 3 N–H and O–H groups in total. The fourth-order valence-electron chi connectivity index (χ4n) is 5.08. The van der Waals surface area contributed by atoms with Crippen molar-refractivity contribution >= 4 is 34.1 Å². The molecule has 9 heteroatoms. The number of carbonyl (C=O) groups is 2. The molecule has 1 aliphatic carbocycles. The SMILES string of the molecule is COCCN1CCc2nc(C(=O)N[C@@H]3CCCC[C@@H]3NC(=O)c3cc4cc(C)ccc4[nH]3)sc2C1. The molecule has 0 radical (unpaired) electrons. The molecule has 3 aromatic rings. The summed E-state index contributed by atoms with van der Waals surface area (Å²) in [6.07, 6.45) is 4.62. The number of amides is 2. The Kier molecular flexibility index (Phi) is 7.17. The minimum atomic E-state index is -0.139. The summed E-state index contributed by atoms with van der Waals surface area (Å²) in [5.41, 5.74) is 3.69. The van der Waals surface area contributed by atoms with Crippen molar-refractivity contribution < 1.29 is 14.3 Å². The average molecular weight is 496 g/mol. The standard InChI is InChI=1S/C26H33N5O3S/c1-16-7-8-18-17(13-16)14-22(27-18)24(32)28-19-5-3-4-6-20(19)29-25(33)26-30-21-9-10-31(11-12-34-2)15-23(21)35-26/h7-8,13-14,19-20,27H,3-6,9-12,15H2,1-2H3,(H,28,32)(H,29,33)/t19-,20+/m0/s1. The zero-order chi connectivity index (χ0) is 24.4. The number of aryl methyl sites for hydroxylation is 1. The molecule has 0 spiro atoms. The van der Waals surface area contributed by atoms with Crippen LogP contribution in [0.5, 0.6) is 0 Å². The highest BCUT2D eigenvalue weighted by molar-refractivity contribution is 7.13. The molecular formula is C26H33N5O3S. The predicted octanol–water partition coefficient (Wildman–Crippen LogP) is 3.41. The van der Waals surface area contributed by atoms with Gasteiger partial charge in [0.05, 0.1) is 12.3 Å². The topological polar surface area (TPSA) is 99.3 Å². The van der Waals surface area contributed by atoms with Crippen LogP contribution in [0.25, 0.3) is 10.9 Å². The van der Waals surface area contributed by atoms with Gasteiger partial charge in [-0.3, -0.25) is 14.5 Å². The lowest BCUT2D eigenvalue weighted by molar-refractivity contribution is 0.0860. The number of thiazole rings is 1. The minimum Gasteiger partial charge on any atom is -0.383 e. The Labute approximate surface area is 209 Å². The van der Waals surface area contributed by atoms with E-state index in [1.54, 1.807) is 7.11 Å². The van der Waals surface area contributed by atoms with Gasteiger partial charge in [-0.1, -0.05) is 24.5 Å². The maximum Gasteiger partial charge on any atom is 0.280 e. The number of aromatic amines is 1. The fraction of sp³-hybridized carbons (Fsp3) is 0.500. The summed E-state index contributed by atoms with van der Waals surface area (Å²) in [5, 5.41) is 7.90. The number of nitrogens with one attached hydrogen (secondary N) is 3. The molecule has 2 atom stereocenters. The molecule has 1 fully saturated rings. The van der Waals surface area contributed by atoms with Crippen LogP contribution in [-0.2, 0) is 17.7 Å². The zero-order valence-corrected chi connectivity index (χ0v) is 21.2. The van der Waals surface area contributed by atoms with E-state index in [1.165, 1.54) is 16.2 Å². The van der Waals surface area contributed by atoms with Crippen LogP contribution in [0.15, 0.2) is 24.3 Å². The van der Waals surface area contributed by atoms with Crippen LogP contribution < -0.4 is 10.6 Å². The molecule has 5 rings (SSSR count). The van der Waals surface area contributed by atoms with Gasteiger partial charge in [0.25, 0.3) is 11.8 Å². The van der Waals surface area contributed by atoms with E-state index in [9.17, 15) is 9.59 Å². The molecular weight excluding hydrogens is 462 g/mol. The minimum absolute atomic E-state index is 0.104. The van der Waals surface area contributed by atoms with Crippen molar-refractivity contribution in [2.45, 2.75) is 57.7 Å². The smallest absolute Gasteiger partial charge is 0.280 e. The van der Waals surface area contributed by atoms with Crippen molar-refractivity contribution in [1.82, 2.24) is 25.5 Å². The Bertz CT molecular complexity index is 1220. The fourth-order valence-corrected chi connectivity index (χ4v) is 6.14. The van der Waals surface area contributed by atoms with Crippen LogP contribution in [0, 0.1) is 6.92 Å². The Morgan fingerprint density at radius 2 is 1.94 bits per heavy atom. The molecule has 3 heterocycles. The van der Waals surface area contributed by atoms with E-state index in [0.717, 1.165) is 73.9 Å². The van der Waals surface area contributed by atoms with Crippen molar-refractivity contribution in [2.75, 3.05) is 26.8 Å². The summed E-state index contributed by atoms with van der Waals surface area (Å²) >= 11 is 1.49. The first-order chi connectivity index (χ1) is 17.0. The molecule has 0 unspecified atom stereocenters. The van der Waals surface area contributed by atoms with Gasteiger partial charge in [0, 0.05) is 61.0 Å². The van der Waals surface area contributed by atoms with Gasteiger partial charge in [-0.2, -0.15) is 0 Å². The number of methoxy groups -OCH3 is 1. The lowest BCUT2D eigenvalue weighted by Gasteiger charge is -2.32. The summed E-state index contributed by atoms with van der Waals surface area (Å²) in [7, 11) is 1.71. The highest BCUT2D eigenvalue weighted by Crippen LogP contribution is 2.26. The van der Waals surface area contributed by atoms with Gasteiger partial charge in [0.2, 0.25) is 0 Å². The molecule has 1 aliphatic heterocycles. The Balaban J connectivity index is 1.23. The van der Waals surface area contributed by atoms with E-state index in [1.807, 2.05) is 25.1 Å². The molecule has 2 amide bonds. The van der Waals surface area contributed by atoms with Gasteiger partial charge in [0.15, 0.2) is 5.01 Å². The quantitative estimate of drug-likeness (QED) is 0.467. The van der Waals surface area contributed by atoms with Gasteiger partial charge in [-0.05, 0) is 38.0 Å². The normalized spacial score (nSPS) is 20.5. The second-order valence-corrected chi connectivity index (χ2v) is 10.7. The van der Waals surface area contributed by atoms with Gasteiger partial charge < -0.3 is 20.4 Å². The molecule has 8 nitrogen and oxygen atoms in total. The molecule has 1 saturated carbocycles. The Morgan fingerprint density at radius 3 is 2.71 bits per heavy atom. The number of H-pyrrole nitrogens is 1. The van der Waals surface area contributed by atoms with E-state index in [2.05, 4.69) is 31.6 Å². The first kappa shape index (κ1) is 24.0. The van der Waals surface area contributed by atoms with Gasteiger partial charge in [-0.25, -0.2) is 4.98 Å². The molecule has 1 aromatic carbocycles. The largest absolute Gasteiger partial charge is 0.383 e. The van der Waals surface area contributed by atoms with Crippen LogP contribution >= 0.6 is 11.3 Å². The number of fused-ring (bicyclic) bond motifs is 2. The third-order valence-electron chi connectivity index (χ3n) is 7.04. The zero-order valence-electron chi connectivity index (χ0n) is 20.4. The molecule has 2 aromatic heterocycles. The first-order valence-corrected chi connectivity index (χ1v) is 13.2. The number of nitrogens with zero attached hydrogens (tertiary/aromatic N) is 2. The number of hydrogen-bond donors (Lipinski definition) is 3. The van der Waals surface area contributed by atoms with E-state index >= 15 is 0 Å². The molecule has 0 bridgehead atoms. The van der Waals surface area contributed by atoms with Crippen LogP contribution in [-0.4, -0.2) is 65.6 Å². The lowest BCUT2D eigenvalue weighted by Crippen LogP contribution is -2.53. The van der Waals surface area contributed by atoms with E-state index in [0.29, 0.717) is 17.3 Å². The summed E-state index contributed by atoms with van der Waals surface area (Å²) in [4.78, 5) is 37.5. The second kappa shape index (κ2) is 10.5. The summed E-state index contributed by atoms with van der Waals surface area (Å²) < 4.78 is 5.20. The Hall–Kier alpha value is -2.75. The van der Waals surface area contributed by atoms with Gasteiger partial charge in [0.1, 0.15) is 5.69 Å². The summed E-state index contributed by atoms with van der Waals surface area (Å²) in [5.74, 6) is -0.272. The summed E-state index contributed by atoms with van der Waals surface area (Å²) in [6, 6.07) is 7.77. The third-order valence-corrected chi connectivity index (χ3v) is 8.12. The van der Waals surface area contributed by atoms with Crippen LogP contribution in [0.4, 0.5) is 0 Å². The Morgan fingerprint density at radius 1 is 1.17 bits per heavy atom. The van der Waals surface area contributed by atoms with Crippen molar-refractivity contribution in [3.63, 3.8) is 0 Å². The molecule has 186 valence electrons. The predicted molar refractivity (Wildman–Crippen MR) is 137 cm³/mol. The monoisotopic (exact) mass is 495 g/mol. The lowest BCUT2D eigenvalue weighted by atomic mass is 9.90. The third kappa shape index (κ3) is 5.42. The van der Waals surface area contributed by atoms with Gasteiger partial charge in [-0.15, -0.1) is 11.3 Å². The molecule has 35 heavy (non-hydrogen) atoms. The van der Waals surface area contributed by atoms with Gasteiger partial charge >= 0.3 is 0 Å². The maximum absolute atomic E-state index is 13.1.